The summed E-state index contributed by atoms with van der Waals surface area (Å²) in [6, 6.07) is 5.95. The summed E-state index contributed by atoms with van der Waals surface area (Å²) < 4.78 is 14.9. The maximum Gasteiger partial charge on any atom is 0.139 e. The van der Waals surface area contributed by atoms with Crippen molar-refractivity contribution in [2.75, 3.05) is 13.6 Å². The second-order valence-corrected chi connectivity index (χ2v) is 4.61. The Bertz CT molecular complexity index is 504. The normalized spacial score (nSPS) is 13.5. The van der Waals surface area contributed by atoms with Crippen molar-refractivity contribution < 1.29 is 4.39 Å². The molecule has 0 aliphatic heterocycles. The SMILES string of the molecule is CCN(C)C(C)Cc1ccn2cc(F)ccc12. The molecule has 2 heterocycles. The largest absolute Gasteiger partial charge is 0.321 e. The van der Waals surface area contributed by atoms with Crippen LogP contribution in [0.4, 0.5) is 4.39 Å². The number of hydrogen-bond acceptors (Lipinski definition) is 1. The number of rotatable bonds is 4. The quantitative estimate of drug-likeness (QED) is 0.789. The van der Waals surface area contributed by atoms with Gasteiger partial charge < -0.3 is 9.30 Å². The molecule has 0 aliphatic carbocycles. The fourth-order valence-corrected chi connectivity index (χ4v) is 2.10. The van der Waals surface area contributed by atoms with Crippen molar-refractivity contribution in [3.8, 4) is 0 Å². The van der Waals surface area contributed by atoms with E-state index in [4.69, 9.17) is 0 Å². The summed E-state index contributed by atoms with van der Waals surface area (Å²) in [6.45, 7) is 5.42. The van der Waals surface area contributed by atoms with Crippen LogP contribution in [0.1, 0.15) is 19.4 Å². The van der Waals surface area contributed by atoms with E-state index in [-0.39, 0.29) is 5.82 Å². The zero-order valence-electron chi connectivity index (χ0n) is 10.7. The van der Waals surface area contributed by atoms with Gasteiger partial charge >= 0.3 is 0 Å². The second kappa shape index (κ2) is 4.88. The first-order valence-corrected chi connectivity index (χ1v) is 6.07. The molecular formula is C14H19FN2. The van der Waals surface area contributed by atoms with Gasteiger partial charge in [0.2, 0.25) is 0 Å². The maximum absolute atomic E-state index is 13.1. The van der Waals surface area contributed by atoms with Gasteiger partial charge in [-0.1, -0.05) is 6.92 Å². The predicted molar refractivity (Wildman–Crippen MR) is 68.8 cm³/mol. The number of pyridine rings is 1. The van der Waals surface area contributed by atoms with Crippen molar-refractivity contribution in [3.63, 3.8) is 0 Å². The zero-order valence-corrected chi connectivity index (χ0v) is 10.7. The lowest BCUT2D eigenvalue weighted by Gasteiger charge is -2.22. The summed E-state index contributed by atoms with van der Waals surface area (Å²) in [7, 11) is 2.13. The summed E-state index contributed by atoms with van der Waals surface area (Å²) >= 11 is 0. The summed E-state index contributed by atoms with van der Waals surface area (Å²) in [5.41, 5.74) is 2.38. The van der Waals surface area contributed by atoms with Crippen LogP contribution in [0.3, 0.4) is 0 Å². The molecule has 0 saturated heterocycles. The minimum Gasteiger partial charge on any atom is -0.321 e. The summed E-state index contributed by atoms with van der Waals surface area (Å²) in [4.78, 5) is 2.31. The van der Waals surface area contributed by atoms with E-state index in [1.807, 2.05) is 16.7 Å². The topological polar surface area (TPSA) is 7.65 Å². The Kier molecular flexibility index (Phi) is 3.48. The molecule has 17 heavy (non-hydrogen) atoms. The van der Waals surface area contributed by atoms with Gasteiger partial charge in [0.05, 0.1) is 0 Å². The van der Waals surface area contributed by atoms with Crippen LogP contribution < -0.4 is 0 Å². The van der Waals surface area contributed by atoms with Crippen molar-refractivity contribution in [1.82, 2.24) is 9.30 Å². The van der Waals surface area contributed by atoms with E-state index < -0.39 is 0 Å². The van der Waals surface area contributed by atoms with Crippen molar-refractivity contribution >= 4 is 5.52 Å². The van der Waals surface area contributed by atoms with Gasteiger partial charge in [0, 0.05) is 24.0 Å². The van der Waals surface area contributed by atoms with Gasteiger partial charge in [-0.25, -0.2) is 4.39 Å². The van der Waals surface area contributed by atoms with Gasteiger partial charge in [-0.2, -0.15) is 0 Å². The third-order valence-electron chi connectivity index (χ3n) is 3.47. The fourth-order valence-electron chi connectivity index (χ4n) is 2.10. The molecule has 0 aliphatic rings. The number of aromatic nitrogens is 1. The van der Waals surface area contributed by atoms with E-state index in [0.717, 1.165) is 18.5 Å². The van der Waals surface area contributed by atoms with E-state index in [9.17, 15) is 4.39 Å². The van der Waals surface area contributed by atoms with Crippen molar-refractivity contribution in [1.29, 1.82) is 0 Å². The van der Waals surface area contributed by atoms with Crippen molar-refractivity contribution in [2.45, 2.75) is 26.3 Å². The van der Waals surface area contributed by atoms with E-state index in [1.54, 1.807) is 0 Å². The number of likely N-dealkylation sites (N-methyl/N-ethyl adjacent to an activating group) is 1. The first-order chi connectivity index (χ1) is 8.11. The molecule has 0 saturated carbocycles. The van der Waals surface area contributed by atoms with Crippen LogP contribution >= 0.6 is 0 Å². The Morgan fingerprint density at radius 3 is 2.82 bits per heavy atom. The number of halogens is 1. The molecule has 0 radical (unpaired) electrons. The van der Waals surface area contributed by atoms with Gasteiger partial charge in [-0.15, -0.1) is 0 Å². The monoisotopic (exact) mass is 234 g/mol. The molecule has 3 heteroatoms. The number of hydrogen-bond donors (Lipinski definition) is 0. The molecule has 0 amide bonds. The first kappa shape index (κ1) is 12.1. The number of fused-ring (bicyclic) bond motifs is 1. The molecule has 1 atom stereocenters. The maximum atomic E-state index is 13.1. The Labute approximate surface area is 102 Å². The molecular weight excluding hydrogens is 215 g/mol. The molecule has 1 unspecified atom stereocenters. The highest BCUT2D eigenvalue weighted by Gasteiger charge is 2.11. The lowest BCUT2D eigenvalue weighted by molar-refractivity contribution is 0.270. The molecule has 92 valence electrons. The van der Waals surface area contributed by atoms with Crippen LogP contribution in [0.2, 0.25) is 0 Å². The molecule has 0 N–H and O–H groups in total. The highest BCUT2D eigenvalue weighted by atomic mass is 19.1. The summed E-state index contributed by atoms with van der Waals surface area (Å²) in [5, 5.41) is 0. The third-order valence-corrected chi connectivity index (χ3v) is 3.47. The van der Waals surface area contributed by atoms with Gasteiger partial charge in [0.25, 0.3) is 0 Å². The van der Waals surface area contributed by atoms with Crippen LogP contribution in [0.15, 0.2) is 30.6 Å². The Hall–Kier alpha value is -1.35. The Morgan fingerprint density at radius 1 is 1.35 bits per heavy atom. The zero-order chi connectivity index (χ0) is 12.4. The van der Waals surface area contributed by atoms with Crippen LogP contribution in [0, 0.1) is 5.82 Å². The van der Waals surface area contributed by atoms with E-state index in [2.05, 4.69) is 31.9 Å². The third kappa shape index (κ3) is 2.50. The summed E-state index contributed by atoms with van der Waals surface area (Å²) in [6.07, 6.45) is 4.44. The smallest absolute Gasteiger partial charge is 0.139 e. The molecule has 0 aromatic carbocycles. The van der Waals surface area contributed by atoms with Crippen molar-refractivity contribution in [3.05, 3.63) is 42.0 Å². The second-order valence-electron chi connectivity index (χ2n) is 4.61. The van der Waals surface area contributed by atoms with Crippen LogP contribution in [0.5, 0.6) is 0 Å². The van der Waals surface area contributed by atoms with E-state index in [0.29, 0.717) is 6.04 Å². The highest BCUT2D eigenvalue weighted by Crippen LogP contribution is 2.16. The van der Waals surface area contributed by atoms with Gasteiger partial charge in [0.15, 0.2) is 0 Å². The van der Waals surface area contributed by atoms with Gasteiger partial charge in [0.1, 0.15) is 5.82 Å². The minimum absolute atomic E-state index is 0.196. The molecule has 2 rings (SSSR count). The lowest BCUT2D eigenvalue weighted by atomic mass is 10.1. The van der Waals surface area contributed by atoms with Crippen molar-refractivity contribution in [2.24, 2.45) is 0 Å². The molecule has 0 spiro atoms. The predicted octanol–water partition coefficient (Wildman–Crippen LogP) is 2.96. The fraction of sp³-hybridized carbons (Fsp3) is 0.429. The molecule has 0 bridgehead atoms. The minimum atomic E-state index is -0.196. The van der Waals surface area contributed by atoms with E-state index in [1.165, 1.54) is 17.8 Å². The standard InChI is InChI=1S/C14H19FN2/c1-4-16(3)11(2)9-12-7-8-17-10-13(15)5-6-14(12)17/h5-8,10-11H,4,9H2,1-3H3. The molecule has 0 fully saturated rings. The average molecular weight is 234 g/mol. The lowest BCUT2D eigenvalue weighted by Crippen LogP contribution is -2.30. The molecule has 2 aromatic heterocycles. The van der Waals surface area contributed by atoms with Gasteiger partial charge in [-0.05, 0) is 50.7 Å². The highest BCUT2D eigenvalue weighted by molar-refractivity contribution is 5.55. The van der Waals surface area contributed by atoms with Crippen LogP contribution in [0.25, 0.3) is 5.52 Å². The molecule has 2 aromatic rings. The average Bonchev–Trinajstić information content (AvgIpc) is 2.70. The Morgan fingerprint density at radius 2 is 2.12 bits per heavy atom. The van der Waals surface area contributed by atoms with Crippen LogP contribution in [-0.2, 0) is 6.42 Å². The van der Waals surface area contributed by atoms with Crippen LogP contribution in [-0.4, -0.2) is 28.9 Å². The van der Waals surface area contributed by atoms with Gasteiger partial charge in [-0.3, -0.25) is 0 Å². The Balaban J connectivity index is 2.25. The first-order valence-electron chi connectivity index (χ1n) is 6.07. The summed E-state index contributed by atoms with van der Waals surface area (Å²) in [5.74, 6) is -0.196. The number of nitrogens with zero attached hydrogens (tertiary/aromatic N) is 2. The van der Waals surface area contributed by atoms with E-state index >= 15 is 0 Å². The molecule has 2 nitrogen and oxygen atoms in total.